The van der Waals surface area contributed by atoms with Gasteiger partial charge in [-0.2, -0.15) is 0 Å². The summed E-state index contributed by atoms with van der Waals surface area (Å²) >= 11 is 0. The van der Waals surface area contributed by atoms with Crippen LogP contribution in [0.15, 0.2) is 75.9 Å². The van der Waals surface area contributed by atoms with Gasteiger partial charge in [0.1, 0.15) is 11.3 Å². The number of carbonyl (C=O) groups is 1. The molecule has 1 N–H and O–H groups in total. The number of hydrogen-bond acceptors (Lipinski definition) is 7. The van der Waals surface area contributed by atoms with Gasteiger partial charge in [0.2, 0.25) is 5.88 Å². The van der Waals surface area contributed by atoms with Crippen molar-refractivity contribution in [2.24, 2.45) is 0 Å². The van der Waals surface area contributed by atoms with E-state index in [0.717, 1.165) is 33.2 Å². The van der Waals surface area contributed by atoms with Crippen molar-refractivity contribution in [2.75, 3.05) is 19.5 Å². The number of ether oxygens (including phenoxy) is 2. The fourth-order valence-corrected chi connectivity index (χ4v) is 4.76. The average molecular weight is 509 g/mol. The van der Waals surface area contributed by atoms with Crippen LogP contribution in [0.5, 0.6) is 5.88 Å². The monoisotopic (exact) mass is 508 g/mol. The van der Waals surface area contributed by atoms with Gasteiger partial charge >= 0.3 is 5.97 Å². The zero-order valence-electron chi connectivity index (χ0n) is 21.9. The number of aromatic nitrogens is 1. The van der Waals surface area contributed by atoms with Gasteiger partial charge in [-0.25, -0.2) is 9.78 Å². The molecule has 7 heteroatoms. The fraction of sp³-hybridized carbons (Fsp3) is 0.194. The molecule has 0 amide bonds. The zero-order valence-corrected chi connectivity index (χ0v) is 21.9. The predicted octanol–water partition coefficient (Wildman–Crippen LogP) is 6.59. The van der Waals surface area contributed by atoms with Crippen molar-refractivity contribution in [1.82, 2.24) is 4.98 Å². The molecule has 0 fully saturated rings. The highest BCUT2D eigenvalue weighted by atomic mass is 16.5. The van der Waals surface area contributed by atoms with Gasteiger partial charge in [-0.15, -0.1) is 0 Å². The molecule has 2 aromatic heterocycles. The van der Waals surface area contributed by atoms with Crippen LogP contribution in [0.2, 0.25) is 0 Å². The van der Waals surface area contributed by atoms with Crippen LogP contribution >= 0.6 is 0 Å². The SMILES string of the molecule is COC(=O)c1ccccc1N[C@H](C)c1cc(C)cc2c(=O)cc(-c3cc(C)c4nc(OC)ccc4c3)oc12. The number of para-hydroxylation sites is 1. The van der Waals surface area contributed by atoms with Crippen LogP contribution in [0.1, 0.15) is 40.0 Å². The molecule has 38 heavy (non-hydrogen) atoms. The predicted molar refractivity (Wildman–Crippen MR) is 149 cm³/mol. The van der Waals surface area contributed by atoms with E-state index in [9.17, 15) is 9.59 Å². The molecule has 7 nitrogen and oxygen atoms in total. The zero-order chi connectivity index (χ0) is 27.0. The normalized spacial score (nSPS) is 11.9. The summed E-state index contributed by atoms with van der Waals surface area (Å²) in [7, 11) is 2.94. The van der Waals surface area contributed by atoms with Gasteiger partial charge in [0, 0.05) is 34.3 Å². The van der Waals surface area contributed by atoms with E-state index in [1.54, 1.807) is 19.2 Å². The molecule has 192 valence electrons. The van der Waals surface area contributed by atoms with Crippen LogP contribution < -0.4 is 15.5 Å². The molecule has 0 saturated carbocycles. The van der Waals surface area contributed by atoms with E-state index in [4.69, 9.17) is 13.9 Å². The Bertz CT molecular complexity index is 1760. The Labute approximate surface area is 220 Å². The minimum absolute atomic E-state index is 0.126. The summed E-state index contributed by atoms with van der Waals surface area (Å²) in [5.74, 6) is 0.582. The lowest BCUT2D eigenvalue weighted by Crippen LogP contribution is -2.13. The summed E-state index contributed by atoms with van der Waals surface area (Å²) < 4.78 is 16.6. The Balaban J connectivity index is 1.63. The molecule has 3 aromatic carbocycles. The number of aryl methyl sites for hydroxylation is 2. The number of hydrogen-bond donors (Lipinski definition) is 1. The van der Waals surface area contributed by atoms with Crippen LogP contribution in [0.4, 0.5) is 5.69 Å². The molecule has 0 bridgehead atoms. The standard InChI is InChI=1S/C31H28N2O5/c1-17-12-23(19(3)32-25-9-7-6-8-22(25)31(35)37-5)30-24(13-17)26(34)16-27(38-30)21-14-18(2)29-20(15-21)10-11-28(33-29)36-4/h6-16,19,32H,1-5H3/t19-/m1/s1. The highest BCUT2D eigenvalue weighted by Gasteiger charge is 2.19. The number of esters is 1. The van der Waals surface area contributed by atoms with Crippen LogP contribution in [0, 0.1) is 13.8 Å². The summed E-state index contributed by atoms with van der Waals surface area (Å²) in [5, 5.41) is 4.82. The van der Waals surface area contributed by atoms with E-state index in [-0.39, 0.29) is 11.5 Å². The van der Waals surface area contributed by atoms with Gasteiger partial charge in [-0.1, -0.05) is 18.2 Å². The maximum absolute atomic E-state index is 13.3. The van der Waals surface area contributed by atoms with Crippen molar-refractivity contribution in [3.63, 3.8) is 0 Å². The van der Waals surface area contributed by atoms with Crippen molar-refractivity contribution in [1.29, 1.82) is 0 Å². The topological polar surface area (TPSA) is 90.7 Å². The maximum atomic E-state index is 13.3. The summed E-state index contributed by atoms with van der Waals surface area (Å²) in [5.41, 5.74) is 5.73. The van der Waals surface area contributed by atoms with Crippen molar-refractivity contribution < 1.29 is 18.7 Å². The van der Waals surface area contributed by atoms with Crippen LogP contribution in [0.25, 0.3) is 33.2 Å². The Hall–Kier alpha value is -4.65. The summed E-state index contributed by atoms with van der Waals surface area (Å²) in [6.45, 7) is 5.88. The molecule has 0 aliphatic rings. The summed E-state index contributed by atoms with van der Waals surface area (Å²) in [4.78, 5) is 30.1. The minimum atomic E-state index is -0.429. The lowest BCUT2D eigenvalue weighted by Gasteiger charge is -2.20. The molecular weight excluding hydrogens is 480 g/mol. The van der Waals surface area contributed by atoms with E-state index in [0.29, 0.717) is 33.9 Å². The Morgan fingerprint density at radius 1 is 1.00 bits per heavy atom. The molecule has 0 radical (unpaired) electrons. The molecule has 0 spiro atoms. The van der Waals surface area contributed by atoms with Crippen LogP contribution in [-0.4, -0.2) is 25.2 Å². The van der Waals surface area contributed by atoms with Crippen LogP contribution in [0.3, 0.4) is 0 Å². The molecule has 5 aromatic rings. The highest BCUT2D eigenvalue weighted by molar-refractivity contribution is 5.96. The van der Waals surface area contributed by atoms with E-state index in [1.165, 1.54) is 13.2 Å². The number of nitrogens with one attached hydrogen (secondary N) is 1. The molecule has 0 saturated heterocycles. The van der Waals surface area contributed by atoms with Gasteiger partial charge in [0.05, 0.1) is 36.7 Å². The average Bonchev–Trinajstić information content (AvgIpc) is 2.92. The number of fused-ring (bicyclic) bond motifs is 2. The van der Waals surface area contributed by atoms with E-state index in [1.807, 2.05) is 69.3 Å². The first-order chi connectivity index (χ1) is 18.3. The van der Waals surface area contributed by atoms with Crippen molar-refractivity contribution in [3.8, 4) is 17.2 Å². The number of nitrogens with zero attached hydrogens (tertiary/aromatic N) is 1. The van der Waals surface area contributed by atoms with Crippen LogP contribution in [-0.2, 0) is 4.74 Å². The number of benzene rings is 3. The van der Waals surface area contributed by atoms with Gasteiger partial charge in [0.25, 0.3) is 0 Å². The van der Waals surface area contributed by atoms with E-state index >= 15 is 0 Å². The minimum Gasteiger partial charge on any atom is -0.481 e. The first kappa shape index (κ1) is 25.0. The number of rotatable bonds is 6. The number of carbonyl (C=O) groups excluding carboxylic acids is 1. The number of pyridine rings is 1. The van der Waals surface area contributed by atoms with Gasteiger partial charge < -0.3 is 19.2 Å². The second kappa shape index (κ2) is 10.0. The molecule has 0 aliphatic carbocycles. The Kier molecular flexibility index (Phi) is 6.59. The molecule has 1 atom stereocenters. The fourth-order valence-electron chi connectivity index (χ4n) is 4.76. The lowest BCUT2D eigenvalue weighted by atomic mass is 9.99. The molecule has 0 aliphatic heterocycles. The smallest absolute Gasteiger partial charge is 0.339 e. The van der Waals surface area contributed by atoms with Gasteiger partial charge in [0.15, 0.2) is 5.43 Å². The molecular formula is C31H28N2O5. The third-order valence-electron chi connectivity index (χ3n) is 6.62. The molecule has 2 heterocycles. The largest absolute Gasteiger partial charge is 0.481 e. The Morgan fingerprint density at radius 2 is 1.79 bits per heavy atom. The van der Waals surface area contributed by atoms with E-state index < -0.39 is 5.97 Å². The third kappa shape index (κ3) is 4.59. The molecule has 5 rings (SSSR count). The first-order valence-electron chi connectivity index (χ1n) is 12.3. The molecule has 0 unspecified atom stereocenters. The summed E-state index contributed by atoms with van der Waals surface area (Å²) in [6.07, 6.45) is 0. The highest BCUT2D eigenvalue weighted by Crippen LogP contribution is 2.33. The quantitative estimate of drug-likeness (QED) is 0.259. The summed E-state index contributed by atoms with van der Waals surface area (Å²) in [6, 6.07) is 19.9. The van der Waals surface area contributed by atoms with Crippen molar-refractivity contribution in [2.45, 2.75) is 26.8 Å². The van der Waals surface area contributed by atoms with Gasteiger partial charge in [-0.05, 0) is 68.3 Å². The van der Waals surface area contributed by atoms with Gasteiger partial charge in [-0.3, -0.25) is 4.79 Å². The number of methoxy groups -OCH3 is 2. The maximum Gasteiger partial charge on any atom is 0.339 e. The van der Waals surface area contributed by atoms with E-state index in [2.05, 4.69) is 10.3 Å². The van der Waals surface area contributed by atoms with Crippen molar-refractivity contribution >= 4 is 33.5 Å². The second-order valence-electron chi connectivity index (χ2n) is 9.33. The second-order valence-corrected chi connectivity index (χ2v) is 9.33. The third-order valence-corrected chi connectivity index (χ3v) is 6.62. The lowest BCUT2D eigenvalue weighted by molar-refractivity contribution is 0.0602. The van der Waals surface area contributed by atoms with Crippen molar-refractivity contribution in [3.05, 3.63) is 99.2 Å². The Morgan fingerprint density at radius 3 is 2.55 bits per heavy atom. The first-order valence-corrected chi connectivity index (χ1v) is 12.3. The number of anilines is 1.